The van der Waals surface area contributed by atoms with Crippen molar-refractivity contribution in [3.8, 4) is 5.75 Å². The fourth-order valence-corrected chi connectivity index (χ4v) is 2.53. The minimum atomic E-state index is -0.257. The number of fused-ring (bicyclic) bond motifs is 1. The molecule has 21 heavy (non-hydrogen) atoms. The second kappa shape index (κ2) is 5.60. The van der Waals surface area contributed by atoms with E-state index in [1.807, 2.05) is 55.5 Å². The van der Waals surface area contributed by atoms with Gasteiger partial charge in [0, 0.05) is 10.9 Å². The van der Waals surface area contributed by atoms with Gasteiger partial charge in [-0.25, -0.2) is 5.43 Å². The van der Waals surface area contributed by atoms with Gasteiger partial charge in [-0.15, -0.1) is 0 Å². The Morgan fingerprint density at radius 3 is 2.67 bits per heavy atom. The van der Waals surface area contributed by atoms with Crippen LogP contribution in [0, 0.1) is 6.92 Å². The quantitative estimate of drug-likeness (QED) is 0.569. The van der Waals surface area contributed by atoms with Crippen molar-refractivity contribution in [1.29, 1.82) is 0 Å². The van der Waals surface area contributed by atoms with Crippen LogP contribution in [-0.2, 0) is 0 Å². The van der Waals surface area contributed by atoms with Crippen molar-refractivity contribution in [3.63, 3.8) is 0 Å². The highest BCUT2D eigenvalue weighted by Crippen LogP contribution is 2.33. The van der Waals surface area contributed by atoms with Crippen LogP contribution in [0.3, 0.4) is 0 Å². The van der Waals surface area contributed by atoms with Gasteiger partial charge in [-0.05, 0) is 30.7 Å². The Morgan fingerprint density at radius 2 is 1.95 bits per heavy atom. The van der Waals surface area contributed by atoms with E-state index < -0.39 is 0 Å². The number of hydrazine groups is 1. The molecule has 2 aromatic carbocycles. The van der Waals surface area contributed by atoms with Crippen molar-refractivity contribution >= 4 is 11.0 Å². The molecule has 3 aromatic rings. The number of benzene rings is 2. The maximum absolute atomic E-state index is 5.91. The highest BCUT2D eigenvalue weighted by Gasteiger charge is 2.20. The average molecular weight is 282 g/mol. The molecule has 4 nitrogen and oxygen atoms in total. The molecule has 0 fully saturated rings. The predicted octanol–water partition coefficient (Wildman–Crippen LogP) is 3.30. The molecular weight excluding hydrogens is 264 g/mol. The van der Waals surface area contributed by atoms with Gasteiger partial charge >= 0.3 is 0 Å². The summed E-state index contributed by atoms with van der Waals surface area (Å²) in [6, 6.07) is 15.7. The van der Waals surface area contributed by atoms with Crippen LogP contribution < -0.4 is 16.0 Å². The molecule has 0 aliphatic heterocycles. The lowest BCUT2D eigenvalue weighted by Crippen LogP contribution is -2.28. The first-order valence-electron chi connectivity index (χ1n) is 6.82. The molecule has 108 valence electrons. The number of nitrogens with one attached hydrogen (secondary N) is 1. The number of hydrogen-bond donors (Lipinski definition) is 2. The van der Waals surface area contributed by atoms with Gasteiger partial charge in [0.05, 0.1) is 7.11 Å². The number of nitrogens with two attached hydrogens (primary N) is 1. The lowest BCUT2D eigenvalue weighted by molar-refractivity contribution is 0.396. The lowest BCUT2D eigenvalue weighted by atomic mass is 10.0. The van der Waals surface area contributed by atoms with Crippen LogP contribution in [-0.4, -0.2) is 7.11 Å². The average Bonchev–Trinajstić information content (AvgIpc) is 2.92. The standard InChI is InChI=1S/C17H18N2O2/c1-11-7-8-13(15(9-11)20-2)17(19-18)16-10-12-5-3-4-6-14(12)21-16/h3-10,17,19H,18H2,1-2H3. The molecule has 0 aliphatic rings. The van der Waals surface area contributed by atoms with E-state index in [4.69, 9.17) is 15.0 Å². The van der Waals surface area contributed by atoms with Gasteiger partial charge in [0.15, 0.2) is 0 Å². The van der Waals surface area contributed by atoms with Gasteiger partial charge in [-0.2, -0.15) is 0 Å². The van der Waals surface area contributed by atoms with E-state index in [2.05, 4.69) is 5.43 Å². The molecule has 1 atom stereocenters. The molecule has 0 bridgehead atoms. The van der Waals surface area contributed by atoms with Gasteiger partial charge in [0.1, 0.15) is 23.1 Å². The number of hydrogen-bond acceptors (Lipinski definition) is 4. The SMILES string of the molecule is COc1cc(C)ccc1C(NN)c1cc2ccccc2o1. The zero-order valence-electron chi connectivity index (χ0n) is 12.1. The van der Waals surface area contributed by atoms with E-state index in [0.717, 1.165) is 33.6 Å². The molecule has 0 saturated carbocycles. The van der Waals surface area contributed by atoms with Crippen molar-refractivity contribution in [2.45, 2.75) is 13.0 Å². The summed E-state index contributed by atoms with van der Waals surface area (Å²) in [4.78, 5) is 0. The normalized spacial score (nSPS) is 12.5. The summed E-state index contributed by atoms with van der Waals surface area (Å²) in [5, 5.41) is 1.05. The Hall–Kier alpha value is -2.30. The minimum absolute atomic E-state index is 0.257. The maximum Gasteiger partial charge on any atom is 0.134 e. The summed E-state index contributed by atoms with van der Waals surface area (Å²) >= 11 is 0. The molecule has 1 aromatic heterocycles. The highest BCUT2D eigenvalue weighted by atomic mass is 16.5. The number of para-hydroxylation sites is 1. The van der Waals surface area contributed by atoms with Crippen LogP contribution >= 0.6 is 0 Å². The third kappa shape index (κ3) is 2.51. The highest BCUT2D eigenvalue weighted by molar-refractivity contribution is 5.78. The maximum atomic E-state index is 5.91. The van der Waals surface area contributed by atoms with E-state index >= 15 is 0 Å². The first kappa shape index (κ1) is 13.7. The number of rotatable bonds is 4. The molecule has 3 rings (SSSR count). The summed E-state index contributed by atoms with van der Waals surface area (Å²) in [5.41, 5.74) is 5.75. The number of aryl methyl sites for hydroxylation is 1. The Labute approximate surface area is 123 Å². The van der Waals surface area contributed by atoms with E-state index in [1.165, 1.54) is 0 Å². The zero-order valence-corrected chi connectivity index (χ0v) is 12.1. The second-order valence-corrected chi connectivity index (χ2v) is 5.03. The molecule has 0 radical (unpaired) electrons. The van der Waals surface area contributed by atoms with Crippen LogP contribution in [0.4, 0.5) is 0 Å². The van der Waals surface area contributed by atoms with Crippen molar-refractivity contribution in [2.75, 3.05) is 7.11 Å². The van der Waals surface area contributed by atoms with Crippen LogP contribution in [0.2, 0.25) is 0 Å². The summed E-state index contributed by atoms with van der Waals surface area (Å²) in [6.07, 6.45) is 0. The van der Waals surface area contributed by atoms with Crippen molar-refractivity contribution in [3.05, 3.63) is 65.4 Å². The fourth-order valence-electron chi connectivity index (χ4n) is 2.53. The third-order valence-electron chi connectivity index (χ3n) is 3.60. The van der Waals surface area contributed by atoms with Gasteiger partial charge in [0.25, 0.3) is 0 Å². The molecule has 0 amide bonds. The van der Waals surface area contributed by atoms with E-state index in [0.29, 0.717) is 0 Å². The Balaban J connectivity index is 2.09. The van der Waals surface area contributed by atoms with Crippen LogP contribution in [0.5, 0.6) is 5.75 Å². The summed E-state index contributed by atoms with van der Waals surface area (Å²) < 4.78 is 11.4. The van der Waals surface area contributed by atoms with Crippen molar-refractivity contribution < 1.29 is 9.15 Å². The molecule has 1 unspecified atom stereocenters. The second-order valence-electron chi connectivity index (χ2n) is 5.03. The summed E-state index contributed by atoms with van der Waals surface area (Å²) in [5.74, 6) is 7.31. The monoisotopic (exact) mass is 282 g/mol. The topological polar surface area (TPSA) is 60.4 Å². The number of furan rings is 1. The molecule has 0 spiro atoms. The fraction of sp³-hybridized carbons (Fsp3) is 0.176. The summed E-state index contributed by atoms with van der Waals surface area (Å²) in [6.45, 7) is 2.03. The first-order chi connectivity index (χ1) is 10.2. The zero-order chi connectivity index (χ0) is 14.8. The Kier molecular flexibility index (Phi) is 3.64. The number of methoxy groups -OCH3 is 1. The smallest absolute Gasteiger partial charge is 0.134 e. The van der Waals surface area contributed by atoms with Gasteiger partial charge < -0.3 is 9.15 Å². The van der Waals surface area contributed by atoms with Crippen LogP contribution in [0.25, 0.3) is 11.0 Å². The van der Waals surface area contributed by atoms with Crippen LogP contribution in [0.15, 0.2) is 52.9 Å². The Morgan fingerprint density at radius 1 is 1.14 bits per heavy atom. The van der Waals surface area contributed by atoms with E-state index in [-0.39, 0.29) is 6.04 Å². The summed E-state index contributed by atoms with van der Waals surface area (Å²) in [7, 11) is 1.66. The number of ether oxygens (including phenoxy) is 1. The first-order valence-corrected chi connectivity index (χ1v) is 6.82. The van der Waals surface area contributed by atoms with Crippen molar-refractivity contribution in [2.24, 2.45) is 5.84 Å². The Bertz CT molecular complexity index is 731. The molecule has 0 saturated heterocycles. The third-order valence-corrected chi connectivity index (χ3v) is 3.60. The van der Waals surface area contributed by atoms with Gasteiger partial charge in [0.2, 0.25) is 0 Å². The predicted molar refractivity (Wildman–Crippen MR) is 83.1 cm³/mol. The molecule has 3 N–H and O–H groups in total. The van der Waals surface area contributed by atoms with E-state index in [1.54, 1.807) is 7.11 Å². The largest absolute Gasteiger partial charge is 0.496 e. The van der Waals surface area contributed by atoms with Gasteiger partial charge in [-0.1, -0.05) is 30.3 Å². The molecule has 4 heteroatoms. The van der Waals surface area contributed by atoms with E-state index in [9.17, 15) is 0 Å². The van der Waals surface area contributed by atoms with Crippen LogP contribution in [0.1, 0.15) is 22.9 Å². The lowest BCUT2D eigenvalue weighted by Gasteiger charge is -2.17. The molecular formula is C17H18N2O2. The minimum Gasteiger partial charge on any atom is -0.496 e. The molecule has 0 aliphatic carbocycles. The molecule has 1 heterocycles. The van der Waals surface area contributed by atoms with Gasteiger partial charge in [-0.3, -0.25) is 5.84 Å². The van der Waals surface area contributed by atoms with Crippen molar-refractivity contribution in [1.82, 2.24) is 5.43 Å².